The summed E-state index contributed by atoms with van der Waals surface area (Å²) in [6.45, 7) is 8.38. The van der Waals surface area contributed by atoms with Gasteiger partial charge >= 0.3 is 12.3 Å². The van der Waals surface area contributed by atoms with Crippen LogP contribution in [0.2, 0.25) is 0 Å². The summed E-state index contributed by atoms with van der Waals surface area (Å²) in [5.74, 6) is 0.840. The molecular formula is C11H16O4. The lowest BCUT2D eigenvalue weighted by Crippen LogP contribution is -1.97. The zero-order valence-corrected chi connectivity index (χ0v) is 9.12. The quantitative estimate of drug-likeness (QED) is 0.669. The normalized spacial score (nSPS) is 18.9. The van der Waals surface area contributed by atoms with Gasteiger partial charge in [-0.3, -0.25) is 0 Å². The van der Waals surface area contributed by atoms with E-state index in [0.717, 1.165) is 5.92 Å². The average Bonchev–Trinajstić information content (AvgIpc) is 2.95. The zero-order chi connectivity index (χ0) is 12.3. The first-order valence-corrected chi connectivity index (χ1v) is 4.73. The van der Waals surface area contributed by atoms with Crippen molar-refractivity contribution >= 4 is 12.3 Å². The fraction of sp³-hybridized carbons (Fsp3) is 0.636. The topological polar surface area (TPSA) is 68.3 Å². The first-order chi connectivity index (χ1) is 7.12. The van der Waals surface area contributed by atoms with Crippen LogP contribution in [-0.2, 0) is 19.2 Å². The maximum atomic E-state index is 8.12. The summed E-state index contributed by atoms with van der Waals surface area (Å²) in [5.41, 5.74) is 0.682. The maximum Gasteiger partial charge on any atom is 0.373 e. The average molecular weight is 212 g/mol. The van der Waals surface area contributed by atoms with E-state index in [1.54, 1.807) is 0 Å². The molecule has 0 aromatic carbocycles. The van der Waals surface area contributed by atoms with Gasteiger partial charge in [0.05, 0.1) is 0 Å². The lowest BCUT2D eigenvalue weighted by Gasteiger charge is -2.08. The van der Waals surface area contributed by atoms with E-state index in [4.69, 9.17) is 19.2 Å². The molecule has 0 aromatic rings. The van der Waals surface area contributed by atoms with E-state index in [9.17, 15) is 0 Å². The molecule has 0 N–H and O–H groups in total. The Morgan fingerprint density at radius 1 is 1.20 bits per heavy atom. The Balaban J connectivity index is 0. The molecular weight excluding hydrogens is 196 g/mol. The second-order valence-electron chi connectivity index (χ2n) is 3.28. The SMILES string of the molecule is C=CC1CC1(CC)CC.O=C=O.O=C=O. The van der Waals surface area contributed by atoms with Crippen LogP contribution in [0.15, 0.2) is 12.7 Å². The molecule has 0 amide bonds. The monoisotopic (exact) mass is 212 g/mol. The summed E-state index contributed by atoms with van der Waals surface area (Å²) in [6, 6.07) is 0. The minimum atomic E-state index is 0.250. The molecule has 15 heavy (non-hydrogen) atoms. The molecule has 84 valence electrons. The van der Waals surface area contributed by atoms with Crippen molar-refractivity contribution in [1.82, 2.24) is 0 Å². The second kappa shape index (κ2) is 9.07. The second-order valence-corrected chi connectivity index (χ2v) is 3.28. The van der Waals surface area contributed by atoms with Crippen LogP contribution in [0.1, 0.15) is 33.1 Å². The van der Waals surface area contributed by atoms with E-state index in [0.29, 0.717) is 5.41 Å². The number of hydrogen-bond donors (Lipinski definition) is 0. The molecule has 1 aliphatic carbocycles. The summed E-state index contributed by atoms with van der Waals surface area (Å²) in [5, 5.41) is 0. The predicted molar refractivity (Wildman–Crippen MR) is 51.3 cm³/mol. The van der Waals surface area contributed by atoms with Crippen molar-refractivity contribution in [2.45, 2.75) is 33.1 Å². The van der Waals surface area contributed by atoms with Gasteiger partial charge < -0.3 is 0 Å². The summed E-state index contributed by atoms with van der Waals surface area (Å²) < 4.78 is 0. The van der Waals surface area contributed by atoms with Gasteiger partial charge in [0.25, 0.3) is 0 Å². The first kappa shape index (κ1) is 15.9. The van der Waals surface area contributed by atoms with E-state index in [1.807, 2.05) is 0 Å². The van der Waals surface area contributed by atoms with Crippen LogP contribution in [0.25, 0.3) is 0 Å². The van der Waals surface area contributed by atoms with Gasteiger partial charge in [-0.25, -0.2) is 0 Å². The molecule has 0 aliphatic heterocycles. The lowest BCUT2D eigenvalue weighted by molar-refractivity contribution is -0.193. The van der Waals surface area contributed by atoms with Crippen LogP contribution in [0.3, 0.4) is 0 Å². The molecule has 1 aliphatic rings. The molecule has 0 spiro atoms. The van der Waals surface area contributed by atoms with E-state index in [-0.39, 0.29) is 12.3 Å². The van der Waals surface area contributed by atoms with Gasteiger partial charge in [0.15, 0.2) is 0 Å². The van der Waals surface area contributed by atoms with Gasteiger partial charge in [-0.2, -0.15) is 19.2 Å². The molecule has 1 fully saturated rings. The van der Waals surface area contributed by atoms with Crippen LogP contribution in [0.4, 0.5) is 0 Å². The van der Waals surface area contributed by atoms with E-state index >= 15 is 0 Å². The Morgan fingerprint density at radius 2 is 1.53 bits per heavy atom. The fourth-order valence-electron chi connectivity index (χ4n) is 1.78. The highest BCUT2D eigenvalue weighted by molar-refractivity contribution is 5.20. The Morgan fingerprint density at radius 3 is 1.60 bits per heavy atom. The molecule has 0 radical (unpaired) electrons. The summed E-state index contributed by atoms with van der Waals surface area (Å²) >= 11 is 0. The van der Waals surface area contributed by atoms with Crippen molar-refractivity contribution in [3.63, 3.8) is 0 Å². The minimum absolute atomic E-state index is 0.250. The van der Waals surface area contributed by atoms with Crippen LogP contribution in [-0.4, -0.2) is 12.3 Å². The number of rotatable bonds is 3. The van der Waals surface area contributed by atoms with E-state index < -0.39 is 0 Å². The van der Waals surface area contributed by atoms with Crippen molar-refractivity contribution < 1.29 is 19.2 Å². The highest BCUT2D eigenvalue weighted by Gasteiger charge is 2.48. The maximum absolute atomic E-state index is 8.12. The molecule has 4 nitrogen and oxygen atoms in total. The Bertz CT molecular complexity index is 229. The third kappa shape index (κ3) is 5.74. The largest absolute Gasteiger partial charge is 0.373 e. The number of hydrogen-bond acceptors (Lipinski definition) is 4. The molecule has 1 saturated carbocycles. The fourth-order valence-corrected chi connectivity index (χ4v) is 1.78. The van der Waals surface area contributed by atoms with Gasteiger partial charge in [0, 0.05) is 0 Å². The predicted octanol–water partition coefficient (Wildman–Crippen LogP) is 1.83. The van der Waals surface area contributed by atoms with Gasteiger partial charge in [-0.15, -0.1) is 6.58 Å². The Labute approximate surface area is 89.4 Å². The molecule has 1 rings (SSSR count). The highest BCUT2D eigenvalue weighted by Crippen LogP contribution is 2.57. The third-order valence-corrected chi connectivity index (χ3v) is 2.95. The van der Waals surface area contributed by atoms with Gasteiger partial charge in [0.2, 0.25) is 0 Å². The third-order valence-electron chi connectivity index (χ3n) is 2.95. The first-order valence-electron chi connectivity index (χ1n) is 4.73. The molecule has 0 heterocycles. The van der Waals surface area contributed by atoms with Crippen LogP contribution >= 0.6 is 0 Å². The molecule has 0 saturated heterocycles. The standard InChI is InChI=1S/C9H16.2CO2/c1-4-8-7-9(8,5-2)6-3;2*2-1-3/h4,8H,1,5-7H2,2-3H3;;. The smallest absolute Gasteiger partial charge is 0.186 e. The lowest BCUT2D eigenvalue weighted by atomic mass is 9.97. The number of allylic oxidation sites excluding steroid dienone is 1. The number of carbonyl (C=O) groups excluding carboxylic acids is 4. The molecule has 0 aromatic heterocycles. The summed E-state index contributed by atoms with van der Waals surface area (Å²) in [7, 11) is 0. The van der Waals surface area contributed by atoms with E-state index in [2.05, 4.69) is 26.5 Å². The summed E-state index contributed by atoms with van der Waals surface area (Å²) in [4.78, 5) is 32.5. The molecule has 1 atom stereocenters. The van der Waals surface area contributed by atoms with Crippen LogP contribution in [0, 0.1) is 11.3 Å². The Hall–Kier alpha value is -1.50. The molecule has 1 unspecified atom stereocenters. The van der Waals surface area contributed by atoms with Crippen molar-refractivity contribution in [2.75, 3.05) is 0 Å². The summed E-state index contributed by atoms with van der Waals surface area (Å²) in [6.07, 6.45) is 6.68. The van der Waals surface area contributed by atoms with Crippen molar-refractivity contribution in [2.24, 2.45) is 11.3 Å². The van der Waals surface area contributed by atoms with Gasteiger partial charge in [-0.1, -0.05) is 19.9 Å². The van der Waals surface area contributed by atoms with Gasteiger partial charge in [0.1, 0.15) is 0 Å². The molecule has 0 bridgehead atoms. The molecule has 4 heteroatoms. The Kier molecular flexibility index (Phi) is 9.65. The van der Waals surface area contributed by atoms with E-state index in [1.165, 1.54) is 19.3 Å². The highest BCUT2D eigenvalue weighted by atomic mass is 16.2. The van der Waals surface area contributed by atoms with Crippen molar-refractivity contribution in [1.29, 1.82) is 0 Å². The van der Waals surface area contributed by atoms with Crippen LogP contribution in [0.5, 0.6) is 0 Å². The minimum Gasteiger partial charge on any atom is -0.186 e. The zero-order valence-electron chi connectivity index (χ0n) is 9.12. The van der Waals surface area contributed by atoms with Crippen LogP contribution < -0.4 is 0 Å². The van der Waals surface area contributed by atoms with Gasteiger partial charge in [-0.05, 0) is 30.6 Å². The van der Waals surface area contributed by atoms with Crippen molar-refractivity contribution in [3.05, 3.63) is 12.7 Å². The van der Waals surface area contributed by atoms with Crippen molar-refractivity contribution in [3.8, 4) is 0 Å².